The van der Waals surface area contributed by atoms with Crippen molar-refractivity contribution in [1.29, 1.82) is 0 Å². The number of rotatable bonds is 4. The van der Waals surface area contributed by atoms with Crippen LogP contribution in [0.3, 0.4) is 0 Å². The maximum absolute atomic E-state index is 11.8. The SMILES string of the molecule is O=C1NC(=O)c2c(NCCc3ccc(O)c(O)c3)cccc21. The van der Waals surface area contributed by atoms with E-state index in [2.05, 4.69) is 10.6 Å². The molecule has 0 saturated heterocycles. The van der Waals surface area contributed by atoms with Gasteiger partial charge in [-0.2, -0.15) is 0 Å². The van der Waals surface area contributed by atoms with E-state index in [0.717, 1.165) is 5.56 Å². The van der Waals surface area contributed by atoms with Gasteiger partial charge in [-0.3, -0.25) is 14.9 Å². The summed E-state index contributed by atoms with van der Waals surface area (Å²) in [5.41, 5.74) is 2.18. The number of hydrogen-bond acceptors (Lipinski definition) is 5. The van der Waals surface area contributed by atoms with E-state index < -0.39 is 5.91 Å². The second-order valence-electron chi connectivity index (χ2n) is 5.01. The van der Waals surface area contributed by atoms with Crippen LogP contribution in [0.2, 0.25) is 0 Å². The molecule has 22 heavy (non-hydrogen) atoms. The summed E-state index contributed by atoms with van der Waals surface area (Å²) in [6.45, 7) is 0.516. The van der Waals surface area contributed by atoms with Crippen LogP contribution in [0.4, 0.5) is 5.69 Å². The average Bonchev–Trinajstić information content (AvgIpc) is 2.79. The van der Waals surface area contributed by atoms with Crippen LogP contribution in [0.25, 0.3) is 0 Å². The van der Waals surface area contributed by atoms with E-state index >= 15 is 0 Å². The molecule has 1 aliphatic heterocycles. The quantitative estimate of drug-likeness (QED) is 0.508. The van der Waals surface area contributed by atoms with Crippen LogP contribution in [0.1, 0.15) is 26.3 Å². The Kier molecular flexibility index (Phi) is 3.42. The van der Waals surface area contributed by atoms with Crippen molar-refractivity contribution in [3.8, 4) is 11.5 Å². The monoisotopic (exact) mass is 298 g/mol. The summed E-state index contributed by atoms with van der Waals surface area (Å²) in [6.07, 6.45) is 0.590. The van der Waals surface area contributed by atoms with Gasteiger partial charge in [0.05, 0.1) is 11.1 Å². The van der Waals surface area contributed by atoms with Crippen LogP contribution >= 0.6 is 0 Å². The number of carbonyl (C=O) groups excluding carboxylic acids is 2. The third-order valence-electron chi connectivity index (χ3n) is 3.53. The third kappa shape index (κ3) is 2.46. The van der Waals surface area contributed by atoms with Gasteiger partial charge in [-0.05, 0) is 36.2 Å². The number of phenolic OH excluding ortho intramolecular Hbond substituents is 2. The number of imide groups is 1. The number of carbonyl (C=O) groups is 2. The summed E-state index contributed by atoms with van der Waals surface area (Å²) in [4.78, 5) is 23.4. The minimum Gasteiger partial charge on any atom is -0.504 e. The molecule has 0 spiro atoms. The highest BCUT2D eigenvalue weighted by atomic mass is 16.3. The molecule has 2 aromatic rings. The molecular weight excluding hydrogens is 284 g/mol. The number of nitrogens with one attached hydrogen (secondary N) is 2. The summed E-state index contributed by atoms with van der Waals surface area (Å²) in [6, 6.07) is 9.69. The maximum Gasteiger partial charge on any atom is 0.261 e. The summed E-state index contributed by atoms with van der Waals surface area (Å²) in [7, 11) is 0. The molecule has 1 aliphatic rings. The highest BCUT2D eigenvalue weighted by Crippen LogP contribution is 2.26. The normalized spacial score (nSPS) is 12.9. The molecule has 112 valence electrons. The van der Waals surface area contributed by atoms with Gasteiger partial charge >= 0.3 is 0 Å². The first-order chi connectivity index (χ1) is 10.6. The van der Waals surface area contributed by atoms with Gasteiger partial charge in [-0.25, -0.2) is 0 Å². The van der Waals surface area contributed by atoms with Gasteiger partial charge in [0.25, 0.3) is 11.8 Å². The largest absolute Gasteiger partial charge is 0.504 e. The van der Waals surface area contributed by atoms with Gasteiger partial charge in [-0.1, -0.05) is 12.1 Å². The average molecular weight is 298 g/mol. The van der Waals surface area contributed by atoms with E-state index in [9.17, 15) is 19.8 Å². The Bertz CT molecular complexity index is 771. The molecule has 0 saturated carbocycles. The Morgan fingerprint density at radius 1 is 1.00 bits per heavy atom. The molecule has 0 unspecified atom stereocenters. The minimum atomic E-state index is -0.398. The number of anilines is 1. The predicted octanol–water partition coefficient (Wildman–Crippen LogP) is 1.64. The minimum absolute atomic E-state index is 0.159. The summed E-state index contributed by atoms with van der Waals surface area (Å²) in [5.74, 6) is -1.10. The summed E-state index contributed by atoms with van der Waals surface area (Å²) in [5, 5.41) is 24.1. The van der Waals surface area contributed by atoms with Gasteiger partial charge in [0, 0.05) is 12.2 Å². The van der Waals surface area contributed by atoms with Crippen LogP contribution in [0.15, 0.2) is 36.4 Å². The first-order valence-corrected chi connectivity index (χ1v) is 6.79. The fraction of sp³-hybridized carbons (Fsp3) is 0.125. The zero-order chi connectivity index (χ0) is 15.7. The fourth-order valence-electron chi connectivity index (χ4n) is 2.43. The van der Waals surface area contributed by atoms with Crippen molar-refractivity contribution in [2.45, 2.75) is 6.42 Å². The van der Waals surface area contributed by atoms with Crippen LogP contribution in [-0.4, -0.2) is 28.6 Å². The molecule has 0 bridgehead atoms. The van der Waals surface area contributed by atoms with E-state index in [1.54, 1.807) is 24.3 Å². The molecule has 6 heteroatoms. The molecule has 2 aromatic carbocycles. The smallest absolute Gasteiger partial charge is 0.261 e. The lowest BCUT2D eigenvalue weighted by atomic mass is 10.1. The van der Waals surface area contributed by atoms with Crippen molar-refractivity contribution in [3.63, 3.8) is 0 Å². The van der Waals surface area contributed by atoms with E-state index in [0.29, 0.717) is 29.8 Å². The molecule has 1 heterocycles. The first kappa shape index (κ1) is 13.9. The molecule has 6 nitrogen and oxygen atoms in total. The summed E-state index contributed by atoms with van der Waals surface area (Å²) < 4.78 is 0. The standard InChI is InChI=1S/C16H14N2O4/c19-12-5-4-9(8-13(12)20)6-7-17-11-3-1-2-10-14(11)16(22)18-15(10)21/h1-5,8,17,19-20H,6-7H2,(H,18,21,22). The van der Waals surface area contributed by atoms with Gasteiger partial charge in [0.15, 0.2) is 11.5 Å². The number of phenols is 2. The molecule has 0 aliphatic carbocycles. The Hall–Kier alpha value is -3.02. The molecule has 0 radical (unpaired) electrons. The van der Waals surface area contributed by atoms with Crippen molar-refractivity contribution < 1.29 is 19.8 Å². The van der Waals surface area contributed by atoms with Crippen molar-refractivity contribution >= 4 is 17.5 Å². The number of amides is 2. The van der Waals surface area contributed by atoms with Crippen molar-refractivity contribution in [2.24, 2.45) is 0 Å². The Morgan fingerprint density at radius 3 is 2.59 bits per heavy atom. The van der Waals surface area contributed by atoms with Gasteiger partial charge in [0.1, 0.15) is 0 Å². The van der Waals surface area contributed by atoms with Gasteiger partial charge < -0.3 is 15.5 Å². The van der Waals surface area contributed by atoms with Crippen LogP contribution < -0.4 is 10.6 Å². The molecular formula is C16H14N2O4. The summed E-state index contributed by atoms with van der Waals surface area (Å²) >= 11 is 0. The van der Waals surface area contributed by atoms with E-state index in [-0.39, 0.29) is 17.4 Å². The third-order valence-corrected chi connectivity index (χ3v) is 3.53. The molecule has 0 fully saturated rings. The molecule has 4 N–H and O–H groups in total. The highest BCUT2D eigenvalue weighted by molar-refractivity contribution is 6.23. The lowest BCUT2D eigenvalue weighted by molar-refractivity contribution is 0.0880. The zero-order valence-electron chi connectivity index (χ0n) is 11.6. The number of aromatic hydroxyl groups is 2. The fourth-order valence-corrected chi connectivity index (χ4v) is 2.43. The zero-order valence-corrected chi connectivity index (χ0v) is 11.6. The number of hydrogen-bond donors (Lipinski definition) is 4. The van der Waals surface area contributed by atoms with Crippen LogP contribution in [0.5, 0.6) is 11.5 Å². The molecule has 2 amide bonds. The lowest BCUT2D eigenvalue weighted by Crippen LogP contribution is -2.20. The van der Waals surface area contributed by atoms with Crippen molar-refractivity contribution in [2.75, 3.05) is 11.9 Å². The van der Waals surface area contributed by atoms with Gasteiger partial charge in [0.2, 0.25) is 0 Å². The van der Waals surface area contributed by atoms with Crippen LogP contribution in [-0.2, 0) is 6.42 Å². The van der Waals surface area contributed by atoms with E-state index in [1.807, 2.05) is 0 Å². The lowest BCUT2D eigenvalue weighted by Gasteiger charge is -2.10. The molecule has 3 rings (SSSR count). The Labute approximate surface area is 126 Å². The van der Waals surface area contributed by atoms with Crippen molar-refractivity contribution in [3.05, 3.63) is 53.1 Å². The second-order valence-corrected chi connectivity index (χ2v) is 5.01. The first-order valence-electron chi connectivity index (χ1n) is 6.79. The van der Waals surface area contributed by atoms with E-state index in [1.165, 1.54) is 12.1 Å². The second kappa shape index (κ2) is 5.40. The number of benzene rings is 2. The Morgan fingerprint density at radius 2 is 1.82 bits per heavy atom. The number of fused-ring (bicyclic) bond motifs is 1. The molecule has 0 atom stereocenters. The topological polar surface area (TPSA) is 98.7 Å². The van der Waals surface area contributed by atoms with Crippen LogP contribution in [0, 0.1) is 0 Å². The maximum atomic E-state index is 11.8. The van der Waals surface area contributed by atoms with Gasteiger partial charge in [-0.15, -0.1) is 0 Å². The highest BCUT2D eigenvalue weighted by Gasteiger charge is 2.28. The van der Waals surface area contributed by atoms with Crippen molar-refractivity contribution in [1.82, 2.24) is 5.32 Å². The molecule has 0 aromatic heterocycles. The Balaban J connectivity index is 1.71. The van der Waals surface area contributed by atoms with E-state index in [4.69, 9.17) is 0 Å². The predicted molar refractivity (Wildman–Crippen MR) is 80.2 cm³/mol.